The molecular formula is C33H38N2O2. The average Bonchev–Trinajstić information content (AvgIpc) is 2.98. The molecule has 4 nitrogen and oxygen atoms in total. The molecule has 0 bridgehead atoms. The predicted molar refractivity (Wildman–Crippen MR) is 149 cm³/mol. The van der Waals surface area contributed by atoms with Gasteiger partial charge in [0.2, 0.25) is 5.91 Å². The fourth-order valence-electron chi connectivity index (χ4n) is 6.28. The molecule has 1 saturated carbocycles. The third-order valence-corrected chi connectivity index (χ3v) is 8.51. The van der Waals surface area contributed by atoms with Crippen LogP contribution in [0.3, 0.4) is 0 Å². The van der Waals surface area contributed by atoms with Crippen LogP contribution in [0.25, 0.3) is 0 Å². The van der Waals surface area contributed by atoms with Crippen LogP contribution in [0, 0.1) is 0 Å². The van der Waals surface area contributed by atoms with Crippen LogP contribution in [0.4, 0.5) is 0 Å². The number of carbonyl (C=O) groups is 2. The zero-order valence-electron chi connectivity index (χ0n) is 21.9. The maximum atomic E-state index is 13.3. The number of likely N-dealkylation sites (tertiary alicyclic amines) is 1. The molecule has 192 valence electrons. The number of carbonyl (C=O) groups excluding carboxylic acids is 2. The van der Waals surface area contributed by atoms with Gasteiger partial charge in [-0.05, 0) is 75.7 Å². The molecule has 1 atom stereocenters. The quantitative estimate of drug-likeness (QED) is 0.384. The summed E-state index contributed by atoms with van der Waals surface area (Å²) in [5, 5.41) is 3.35. The lowest BCUT2D eigenvalue weighted by Gasteiger charge is -2.50. The van der Waals surface area contributed by atoms with Gasteiger partial charge in [-0.15, -0.1) is 0 Å². The summed E-state index contributed by atoms with van der Waals surface area (Å²) in [5.41, 5.74) is 3.67. The number of amides is 1. The molecule has 1 heterocycles. The number of nitrogens with zero attached hydrogens (tertiary/aromatic N) is 1. The molecule has 0 aromatic heterocycles. The highest BCUT2D eigenvalue weighted by atomic mass is 16.2. The van der Waals surface area contributed by atoms with E-state index in [4.69, 9.17) is 0 Å². The Kier molecular flexibility index (Phi) is 7.85. The van der Waals surface area contributed by atoms with E-state index < -0.39 is 0 Å². The number of hydrogen-bond acceptors (Lipinski definition) is 3. The van der Waals surface area contributed by atoms with Crippen LogP contribution in [-0.2, 0) is 10.3 Å². The fraction of sp³-hybridized carbons (Fsp3) is 0.394. The maximum absolute atomic E-state index is 13.3. The van der Waals surface area contributed by atoms with Gasteiger partial charge in [0, 0.05) is 22.7 Å². The number of piperidine rings is 1. The Labute approximate surface area is 221 Å². The zero-order chi connectivity index (χ0) is 25.7. The Morgan fingerprint density at radius 2 is 1.43 bits per heavy atom. The molecule has 2 fully saturated rings. The van der Waals surface area contributed by atoms with Gasteiger partial charge in [0.15, 0.2) is 5.78 Å². The molecule has 3 aromatic rings. The van der Waals surface area contributed by atoms with Crippen molar-refractivity contribution >= 4 is 11.7 Å². The highest BCUT2D eigenvalue weighted by Crippen LogP contribution is 2.43. The fourth-order valence-corrected chi connectivity index (χ4v) is 6.28. The Morgan fingerprint density at radius 1 is 0.811 bits per heavy atom. The summed E-state index contributed by atoms with van der Waals surface area (Å²) in [7, 11) is 0. The van der Waals surface area contributed by atoms with Crippen LogP contribution in [0.5, 0.6) is 0 Å². The molecule has 0 radical (unpaired) electrons. The summed E-state index contributed by atoms with van der Waals surface area (Å²) < 4.78 is 0. The summed E-state index contributed by atoms with van der Waals surface area (Å²) in [6.45, 7) is 4.27. The maximum Gasteiger partial charge on any atom is 0.227 e. The summed E-state index contributed by atoms with van der Waals surface area (Å²) in [6.07, 6.45) is 7.98. The van der Waals surface area contributed by atoms with Crippen molar-refractivity contribution in [3.05, 3.63) is 107 Å². The van der Waals surface area contributed by atoms with Gasteiger partial charge in [0.25, 0.3) is 0 Å². The Bertz CT molecular complexity index is 1190. The van der Waals surface area contributed by atoms with Crippen molar-refractivity contribution in [1.82, 2.24) is 10.2 Å². The van der Waals surface area contributed by atoms with E-state index in [2.05, 4.69) is 40.5 Å². The highest BCUT2D eigenvalue weighted by molar-refractivity contribution is 6.09. The standard InChI is InChI=1S/C33H38N2O2/c1-25(27-14-11-15-28(24-27)31(36)26-12-5-2-6-13-26)32(37)34-30-18-20-33(21-19-30,29-16-7-3-8-17-29)35-22-9-4-10-23-35/h2-3,5-8,11-17,24-25,30H,4,9-10,18-23H2,1H3,(H,34,37). The molecule has 37 heavy (non-hydrogen) atoms. The van der Waals surface area contributed by atoms with E-state index in [1.54, 1.807) is 0 Å². The van der Waals surface area contributed by atoms with Gasteiger partial charge >= 0.3 is 0 Å². The van der Waals surface area contributed by atoms with Crippen LogP contribution < -0.4 is 5.32 Å². The molecular weight excluding hydrogens is 456 g/mol. The number of hydrogen-bond donors (Lipinski definition) is 1. The Morgan fingerprint density at radius 3 is 2.11 bits per heavy atom. The summed E-state index contributed by atoms with van der Waals surface area (Å²) in [5.74, 6) is -0.289. The van der Waals surface area contributed by atoms with Crippen LogP contribution in [-0.4, -0.2) is 35.7 Å². The minimum atomic E-state index is -0.313. The van der Waals surface area contributed by atoms with E-state index in [0.29, 0.717) is 11.1 Å². The van der Waals surface area contributed by atoms with E-state index in [1.807, 2.05) is 61.5 Å². The lowest BCUT2D eigenvalue weighted by molar-refractivity contribution is -0.123. The second-order valence-electron chi connectivity index (χ2n) is 10.8. The topological polar surface area (TPSA) is 49.4 Å². The van der Waals surface area contributed by atoms with Crippen LogP contribution >= 0.6 is 0 Å². The van der Waals surface area contributed by atoms with E-state index in [1.165, 1.54) is 37.9 Å². The second-order valence-corrected chi connectivity index (χ2v) is 10.8. The van der Waals surface area contributed by atoms with Gasteiger partial charge in [-0.25, -0.2) is 0 Å². The van der Waals surface area contributed by atoms with Gasteiger partial charge in [0.05, 0.1) is 5.92 Å². The molecule has 1 saturated heterocycles. The molecule has 1 N–H and O–H groups in total. The molecule has 1 amide bonds. The largest absolute Gasteiger partial charge is 0.353 e. The number of nitrogens with one attached hydrogen (secondary N) is 1. The average molecular weight is 495 g/mol. The van der Waals surface area contributed by atoms with Crippen molar-refractivity contribution in [3.8, 4) is 0 Å². The van der Waals surface area contributed by atoms with Gasteiger partial charge in [0.1, 0.15) is 0 Å². The van der Waals surface area contributed by atoms with Crippen LogP contribution in [0.15, 0.2) is 84.9 Å². The summed E-state index contributed by atoms with van der Waals surface area (Å²) in [6, 6.07) is 28.0. The number of ketones is 1. The molecule has 1 aliphatic carbocycles. The van der Waals surface area contributed by atoms with Crippen molar-refractivity contribution in [2.24, 2.45) is 0 Å². The van der Waals surface area contributed by atoms with Crippen LogP contribution in [0.2, 0.25) is 0 Å². The van der Waals surface area contributed by atoms with E-state index in [-0.39, 0.29) is 29.2 Å². The molecule has 2 aliphatic rings. The third-order valence-electron chi connectivity index (χ3n) is 8.51. The monoisotopic (exact) mass is 494 g/mol. The molecule has 0 spiro atoms. The molecule has 5 rings (SSSR count). The minimum absolute atomic E-state index is 0.0164. The van der Waals surface area contributed by atoms with Gasteiger partial charge in [-0.3, -0.25) is 14.5 Å². The summed E-state index contributed by atoms with van der Waals surface area (Å²) >= 11 is 0. The second kappa shape index (κ2) is 11.4. The summed E-state index contributed by atoms with van der Waals surface area (Å²) in [4.78, 5) is 28.9. The molecule has 1 unspecified atom stereocenters. The van der Waals surface area contributed by atoms with E-state index in [0.717, 1.165) is 31.2 Å². The third kappa shape index (κ3) is 5.55. The van der Waals surface area contributed by atoms with Gasteiger partial charge < -0.3 is 5.32 Å². The van der Waals surface area contributed by atoms with E-state index in [9.17, 15) is 9.59 Å². The Hall–Kier alpha value is -3.24. The molecule has 1 aliphatic heterocycles. The smallest absolute Gasteiger partial charge is 0.227 e. The first-order valence-corrected chi connectivity index (χ1v) is 13.9. The van der Waals surface area contributed by atoms with E-state index >= 15 is 0 Å². The van der Waals surface area contributed by atoms with Crippen molar-refractivity contribution in [2.45, 2.75) is 69.4 Å². The van der Waals surface area contributed by atoms with Crippen LogP contribution in [0.1, 0.15) is 84.8 Å². The number of rotatable bonds is 7. The highest BCUT2D eigenvalue weighted by Gasteiger charge is 2.42. The molecule has 4 heteroatoms. The first kappa shape index (κ1) is 25.4. The van der Waals surface area contributed by atoms with Crippen molar-refractivity contribution in [2.75, 3.05) is 13.1 Å². The minimum Gasteiger partial charge on any atom is -0.353 e. The van der Waals surface area contributed by atoms with Crippen molar-refractivity contribution < 1.29 is 9.59 Å². The lowest BCUT2D eigenvalue weighted by atomic mass is 9.73. The zero-order valence-corrected chi connectivity index (χ0v) is 21.9. The SMILES string of the molecule is CC(C(=O)NC1CCC(c2ccccc2)(N2CCCCC2)CC1)c1cccc(C(=O)c2ccccc2)c1. The molecule has 3 aromatic carbocycles. The lowest BCUT2D eigenvalue weighted by Crippen LogP contribution is -2.53. The first-order valence-electron chi connectivity index (χ1n) is 13.9. The van der Waals surface area contributed by atoms with Gasteiger partial charge in [-0.1, -0.05) is 85.3 Å². The van der Waals surface area contributed by atoms with Crippen molar-refractivity contribution in [3.63, 3.8) is 0 Å². The van der Waals surface area contributed by atoms with Gasteiger partial charge in [-0.2, -0.15) is 0 Å². The predicted octanol–water partition coefficient (Wildman–Crippen LogP) is 6.46. The Balaban J connectivity index is 1.24. The first-order chi connectivity index (χ1) is 18.1. The normalized spacial score (nSPS) is 23.2. The number of benzene rings is 3. The van der Waals surface area contributed by atoms with Crippen molar-refractivity contribution in [1.29, 1.82) is 0 Å².